The van der Waals surface area contributed by atoms with Crippen LogP contribution in [0, 0.1) is 11.6 Å². The number of benzene rings is 2. The van der Waals surface area contributed by atoms with E-state index in [9.17, 15) is 13.6 Å². The molecular formula is C16H13F2N5O. The quantitative estimate of drug-likeness (QED) is 0.772. The highest BCUT2D eigenvalue weighted by Gasteiger charge is 2.08. The number of hydrogen-bond donors (Lipinski definition) is 2. The van der Waals surface area contributed by atoms with Crippen molar-refractivity contribution in [3.63, 3.8) is 0 Å². The molecule has 2 N–H and O–H groups in total. The van der Waals surface area contributed by atoms with Crippen LogP contribution in [0.3, 0.4) is 0 Å². The number of aromatic nitrogens is 3. The van der Waals surface area contributed by atoms with Gasteiger partial charge in [-0.1, -0.05) is 12.1 Å². The van der Waals surface area contributed by atoms with Crippen molar-refractivity contribution < 1.29 is 13.6 Å². The molecule has 2 amide bonds. The van der Waals surface area contributed by atoms with Gasteiger partial charge < -0.3 is 10.6 Å². The van der Waals surface area contributed by atoms with Crippen molar-refractivity contribution in [1.29, 1.82) is 0 Å². The Balaban J connectivity index is 1.60. The third-order valence-corrected chi connectivity index (χ3v) is 3.20. The molecule has 0 aliphatic rings. The first-order chi connectivity index (χ1) is 11.6. The van der Waals surface area contributed by atoms with Gasteiger partial charge in [-0.05, 0) is 29.8 Å². The summed E-state index contributed by atoms with van der Waals surface area (Å²) < 4.78 is 28.0. The van der Waals surface area contributed by atoms with E-state index in [1.54, 1.807) is 23.1 Å². The average molecular weight is 329 g/mol. The van der Waals surface area contributed by atoms with E-state index in [2.05, 4.69) is 20.7 Å². The van der Waals surface area contributed by atoms with Crippen molar-refractivity contribution in [3.8, 4) is 0 Å². The molecule has 0 saturated carbocycles. The van der Waals surface area contributed by atoms with Gasteiger partial charge in [0.2, 0.25) is 0 Å². The van der Waals surface area contributed by atoms with Gasteiger partial charge in [0, 0.05) is 11.8 Å². The Morgan fingerprint density at radius 1 is 1.08 bits per heavy atom. The molecule has 3 aromatic rings. The van der Waals surface area contributed by atoms with E-state index in [0.29, 0.717) is 18.3 Å². The van der Waals surface area contributed by atoms with Crippen LogP contribution in [0.2, 0.25) is 0 Å². The molecule has 0 unspecified atom stereocenters. The molecule has 0 fully saturated rings. The second-order valence-corrected chi connectivity index (χ2v) is 4.99. The fourth-order valence-corrected chi connectivity index (χ4v) is 2.07. The Morgan fingerprint density at radius 3 is 2.54 bits per heavy atom. The van der Waals surface area contributed by atoms with Crippen molar-refractivity contribution in [2.75, 3.05) is 10.6 Å². The molecule has 0 atom stereocenters. The molecule has 24 heavy (non-hydrogen) atoms. The standard InChI is InChI=1S/C16H13F2N5O/c17-12-3-6-15(14(18)7-12)22-16(24)21-13-4-1-11(2-5-13)8-23-10-19-9-20-23/h1-7,9-10H,8H2,(H2,21,22,24). The van der Waals surface area contributed by atoms with Gasteiger partial charge in [-0.2, -0.15) is 5.10 Å². The van der Waals surface area contributed by atoms with Crippen LogP contribution < -0.4 is 10.6 Å². The zero-order valence-corrected chi connectivity index (χ0v) is 12.4. The first-order valence-electron chi connectivity index (χ1n) is 7.04. The summed E-state index contributed by atoms with van der Waals surface area (Å²) in [6.45, 7) is 0.563. The van der Waals surface area contributed by atoms with E-state index in [1.165, 1.54) is 6.33 Å². The molecule has 1 aromatic heterocycles. The van der Waals surface area contributed by atoms with Crippen molar-refractivity contribution >= 4 is 17.4 Å². The highest BCUT2D eigenvalue weighted by atomic mass is 19.1. The molecule has 0 aliphatic heterocycles. The Morgan fingerprint density at radius 2 is 1.88 bits per heavy atom. The molecular weight excluding hydrogens is 316 g/mol. The molecule has 1 heterocycles. The van der Waals surface area contributed by atoms with Crippen LogP contribution in [0.5, 0.6) is 0 Å². The molecule has 8 heteroatoms. The maximum Gasteiger partial charge on any atom is 0.323 e. The molecule has 0 bridgehead atoms. The Kier molecular flexibility index (Phi) is 4.46. The summed E-state index contributed by atoms with van der Waals surface area (Å²) in [5, 5.41) is 8.90. The summed E-state index contributed by atoms with van der Waals surface area (Å²) in [6.07, 6.45) is 3.06. The number of amides is 2. The Bertz CT molecular complexity index is 834. The topological polar surface area (TPSA) is 71.8 Å². The van der Waals surface area contributed by atoms with Crippen LogP contribution in [0.25, 0.3) is 0 Å². The maximum atomic E-state index is 13.5. The lowest BCUT2D eigenvalue weighted by atomic mass is 10.2. The predicted octanol–water partition coefficient (Wildman–Crippen LogP) is 3.25. The number of nitrogens with zero attached hydrogens (tertiary/aromatic N) is 3. The van der Waals surface area contributed by atoms with Gasteiger partial charge in [0.1, 0.15) is 24.3 Å². The largest absolute Gasteiger partial charge is 0.323 e. The van der Waals surface area contributed by atoms with Crippen LogP contribution in [0.4, 0.5) is 25.0 Å². The lowest BCUT2D eigenvalue weighted by Gasteiger charge is -2.09. The first-order valence-corrected chi connectivity index (χ1v) is 7.04. The monoisotopic (exact) mass is 329 g/mol. The Hall–Kier alpha value is -3.29. The van der Waals surface area contributed by atoms with Gasteiger partial charge in [-0.3, -0.25) is 0 Å². The zero-order valence-electron chi connectivity index (χ0n) is 12.4. The Labute approximate surface area is 136 Å². The van der Waals surface area contributed by atoms with Gasteiger partial charge in [-0.15, -0.1) is 0 Å². The van der Waals surface area contributed by atoms with Gasteiger partial charge in [-0.25, -0.2) is 23.2 Å². The van der Waals surface area contributed by atoms with Crippen molar-refractivity contribution in [3.05, 3.63) is 72.3 Å². The van der Waals surface area contributed by atoms with E-state index < -0.39 is 17.7 Å². The van der Waals surface area contributed by atoms with E-state index >= 15 is 0 Å². The number of rotatable bonds is 4. The van der Waals surface area contributed by atoms with Crippen LogP contribution in [0.15, 0.2) is 55.1 Å². The van der Waals surface area contributed by atoms with Crippen LogP contribution in [0.1, 0.15) is 5.56 Å². The van der Waals surface area contributed by atoms with E-state index in [0.717, 1.165) is 17.7 Å². The third kappa shape index (κ3) is 3.92. The molecule has 2 aromatic carbocycles. The molecule has 6 nitrogen and oxygen atoms in total. The number of hydrogen-bond acceptors (Lipinski definition) is 3. The number of nitrogens with one attached hydrogen (secondary N) is 2. The van der Waals surface area contributed by atoms with Crippen molar-refractivity contribution in [1.82, 2.24) is 14.8 Å². The summed E-state index contributed by atoms with van der Waals surface area (Å²) in [6, 6.07) is 9.40. The molecule has 0 aliphatic carbocycles. The van der Waals surface area contributed by atoms with Crippen LogP contribution >= 0.6 is 0 Å². The molecule has 3 rings (SSSR count). The molecule has 0 saturated heterocycles. The predicted molar refractivity (Wildman–Crippen MR) is 84.6 cm³/mol. The van der Waals surface area contributed by atoms with Crippen molar-refractivity contribution in [2.24, 2.45) is 0 Å². The summed E-state index contributed by atoms with van der Waals surface area (Å²) in [4.78, 5) is 15.7. The molecule has 0 radical (unpaired) electrons. The fourth-order valence-electron chi connectivity index (χ4n) is 2.07. The SMILES string of the molecule is O=C(Nc1ccc(Cn2cncn2)cc1)Nc1ccc(F)cc1F. The number of anilines is 2. The third-order valence-electron chi connectivity index (χ3n) is 3.20. The van der Waals surface area contributed by atoms with Crippen molar-refractivity contribution in [2.45, 2.75) is 6.54 Å². The summed E-state index contributed by atoms with van der Waals surface area (Å²) in [7, 11) is 0. The number of urea groups is 1. The summed E-state index contributed by atoms with van der Waals surface area (Å²) >= 11 is 0. The number of halogens is 2. The normalized spacial score (nSPS) is 10.4. The van der Waals surface area contributed by atoms with E-state index in [4.69, 9.17) is 0 Å². The fraction of sp³-hybridized carbons (Fsp3) is 0.0625. The molecule has 0 spiro atoms. The highest BCUT2D eigenvalue weighted by Crippen LogP contribution is 2.16. The van der Waals surface area contributed by atoms with Gasteiger partial charge in [0.25, 0.3) is 0 Å². The average Bonchev–Trinajstić information content (AvgIpc) is 3.05. The van der Waals surface area contributed by atoms with E-state index in [-0.39, 0.29) is 5.69 Å². The zero-order chi connectivity index (χ0) is 16.9. The summed E-state index contributed by atoms with van der Waals surface area (Å²) in [5.41, 5.74) is 1.42. The minimum atomic E-state index is -0.840. The van der Waals surface area contributed by atoms with Crippen LogP contribution in [-0.2, 0) is 6.54 Å². The molecule has 122 valence electrons. The van der Waals surface area contributed by atoms with E-state index in [1.807, 2.05) is 12.1 Å². The highest BCUT2D eigenvalue weighted by molar-refractivity contribution is 5.99. The number of carbonyl (C=O) groups excluding carboxylic acids is 1. The minimum Gasteiger partial charge on any atom is -0.308 e. The summed E-state index contributed by atoms with van der Waals surface area (Å²) in [5.74, 6) is -1.55. The lowest BCUT2D eigenvalue weighted by molar-refractivity contribution is 0.262. The van der Waals surface area contributed by atoms with Gasteiger partial charge in [0.05, 0.1) is 12.2 Å². The second-order valence-electron chi connectivity index (χ2n) is 4.99. The number of carbonyl (C=O) groups is 1. The maximum absolute atomic E-state index is 13.5. The first kappa shape index (κ1) is 15.6. The van der Waals surface area contributed by atoms with Gasteiger partial charge >= 0.3 is 6.03 Å². The van der Waals surface area contributed by atoms with Crippen LogP contribution in [-0.4, -0.2) is 20.8 Å². The smallest absolute Gasteiger partial charge is 0.308 e. The second kappa shape index (κ2) is 6.86. The van der Waals surface area contributed by atoms with Gasteiger partial charge in [0.15, 0.2) is 0 Å². The minimum absolute atomic E-state index is 0.100. The lowest BCUT2D eigenvalue weighted by Crippen LogP contribution is -2.20.